The van der Waals surface area contributed by atoms with Crippen LogP contribution in [0.4, 0.5) is 0 Å². The van der Waals surface area contributed by atoms with E-state index in [4.69, 9.17) is 14.5 Å². The zero-order chi connectivity index (χ0) is 46.0. The summed E-state index contributed by atoms with van der Waals surface area (Å²) in [5, 5.41) is 5.71. The molecule has 2 aromatic heterocycles. The first-order valence-corrected chi connectivity index (χ1v) is 23.1. The number of benzene rings is 1. The summed E-state index contributed by atoms with van der Waals surface area (Å²) in [5.74, 6) is -2.21. The number of likely N-dealkylation sites (tertiary alicyclic amines) is 1. The second-order valence-corrected chi connectivity index (χ2v) is 19.3. The molecule has 0 radical (unpaired) electrons. The number of amides is 4. The zero-order valence-electron chi connectivity index (χ0n) is 39.0. The number of hydrogen-bond donors (Lipinski definition) is 2. The molecule has 1 aromatic carbocycles. The average Bonchev–Trinajstić information content (AvgIpc) is 4.05. The maximum Gasteiger partial charge on any atom is 0.324 e. The van der Waals surface area contributed by atoms with Crippen molar-refractivity contribution in [3.63, 3.8) is 0 Å². The van der Waals surface area contributed by atoms with E-state index in [-0.39, 0.29) is 55.4 Å². The molecule has 3 aromatic rings. The van der Waals surface area contributed by atoms with E-state index in [0.29, 0.717) is 51.9 Å². The maximum absolute atomic E-state index is 14.6. The number of ether oxygens (including phenoxy) is 2. The van der Waals surface area contributed by atoms with Crippen molar-refractivity contribution < 1.29 is 33.4 Å². The summed E-state index contributed by atoms with van der Waals surface area (Å²) in [5.41, 5.74) is 9.15. The number of likely N-dealkylation sites (N-methyl/N-ethyl adjacent to an activating group) is 1. The fourth-order valence-electron chi connectivity index (χ4n) is 10.4. The number of aryl methyl sites for hydroxylation is 1. The van der Waals surface area contributed by atoms with E-state index in [0.717, 1.165) is 40.8 Å². The minimum atomic E-state index is -0.971. The number of nitrogens with one attached hydrogen (secondary N) is 2. The van der Waals surface area contributed by atoms with Gasteiger partial charge in [-0.25, -0.2) is 5.43 Å². The van der Waals surface area contributed by atoms with E-state index < -0.39 is 41.3 Å². The summed E-state index contributed by atoms with van der Waals surface area (Å²) in [4.78, 5) is 79.3. The lowest BCUT2D eigenvalue weighted by Crippen LogP contribution is -2.63. The highest BCUT2D eigenvalue weighted by Gasteiger charge is 2.41. The molecule has 0 aliphatic carbocycles. The predicted octanol–water partition coefficient (Wildman–Crippen LogP) is 4.84. The van der Waals surface area contributed by atoms with Gasteiger partial charge in [-0.1, -0.05) is 40.3 Å². The van der Waals surface area contributed by atoms with E-state index >= 15 is 0 Å². The molecule has 7 rings (SSSR count). The molecule has 6 heterocycles. The lowest BCUT2D eigenvalue weighted by atomic mass is 9.84. The van der Waals surface area contributed by atoms with E-state index in [1.807, 2.05) is 33.0 Å². The van der Waals surface area contributed by atoms with Gasteiger partial charge in [0.15, 0.2) is 0 Å². The van der Waals surface area contributed by atoms with Crippen molar-refractivity contribution in [3.05, 3.63) is 66.0 Å². The van der Waals surface area contributed by atoms with Crippen molar-refractivity contribution in [2.75, 3.05) is 60.0 Å². The van der Waals surface area contributed by atoms with Gasteiger partial charge in [-0.05, 0) is 106 Å². The van der Waals surface area contributed by atoms with Crippen molar-refractivity contribution in [2.45, 2.75) is 110 Å². The van der Waals surface area contributed by atoms with Crippen LogP contribution in [0.3, 0.4) is 0 Å². The molecule has 4 aliphatic heterocycles. The van der Waals surface area contributed by atoms with Gasteiger partial charge in [0.1, 0.15) is 18.1 Å². The number of carbonyl (C=O) groups is 5. The molecule has 3 saturated heterocycles. The number of aromatic nitrogens is 2. The summed E-state index contributed by atoms with van der Waals surface area (Å²) in [6, 6.07) is 8.28. The number of esters is 1. The Kier molecular flexibility index (Phi) is 14.3. The summed E-state index contributed by atoms with van der Waals surface area (Å²) < 4.78 is 14.3. The molecule has 15 nitrogen and oxygen atoms in total. The number of pyridine rings is 1. The SMILES string of the molecule is C=CC(=O)N1CC[C@H](C(=O)N(C)C(C(=O)N[C@H]2CN3CC[C@H](C3)c3ccc4c(c3)c(c(-c3cccnc3[C@H](C)OC)n4CC)CC(C)(C)COC(=O)[C@@H]3CCCN(N3)C2=O)C(C)C)C1. The minimum Gasteiger partial charge on any atom is -0.464 e. The first-order valence-electron chi connectivity index (χ1n) is 23.1. The second-order valence-electron chi connectivity index (χ2n) is 19.3. The van der Waals surface area contributed by atoms with Gasteiger partial charge in [0, 0.05) is 81.5 Å². The van der Waals surface area contributed by atoms with Crippen LogP contribution in [0.5, 0.6) is 0 Å². The van der Waals surface area contributed by atoms with Crippen LogP contribution < -0.4 is 10.7 Å². The standard InChI is InChI=1S/C49H68N8O7/c1-10-41(58)55-23-19-34(27-55)46(60)53(8)43(30(3)4)45(59)51-39-28-54-22-18-33(26-54)32-16-17-40-36(24-32)37(44(56(40)11-2)35-14-12-20-50-42(35)31(5)63-9)25-49(6,7)29-64-48(62)38-15-13-21-57(52-38)47(39)61/h10,12,14,16-17,20,24,30-31,33-34,38-39,43,52H,1,11,13,15,18-19,21-23,25-29H2,2-9H3,(H,51,59)/t31-,33+,34-,38-,39-,43?/m0/s1. The molecular formula is C49H68N8O7. The van der Waals surface area contributed by atoms with Gasteiger partial charge in [-0.15, -0.1) is 0 Å². The van der Waals surface area contributed by atoms with Crippen molar-refractivity contribution in [3.8, 4) is 11.3 Å². The van der Waals surface area contributed by atoms with E-state index in [2.05, 4.69) is 71.8 Å². The molecule has 6 bridgehead atoms. The summed E-state index contributed by atoms with van der Waals surface area (Å²) in [6.45, 7) is 19.4. The first kappa shape index (κ1) is 46.9. The second kappa shape index (κ2) is 19.5. The number of hydrogen-bond acceptors (Lipinski definition) is 10. The van der Waals surface area contributed by atoms with Gasteiger partial charge in [0.25, 0.3) is 5.91 Å². The average molecular weight is 881 g/mol. The third-order valence-corrected chi connectivity index (χ3v) is 13.8. The van der Waals surface area contributed by atoms with Crippen molar-refractivity contribution >= 4 is 40.5 Å². The number of carbonyl (C=O) groups excluding carboxylic acids is 5. The summed E-state index contributed by atoms with van der Waals surface area (Å²) in [6.07, 6.45) is 5.87. The van der Waals surface area contributed by atoms with E-state index in [1.165, 1.54) is 27.1 Å². The first-order chi connectivity index (χ1) is 30.5. The van der Waals surface area contributed by atoms with Crippen molar-refractivity contribution in [1.82, 2.24) is 40.0 Å². The predicted molar refractivity (Wildman–Crippen MR) is 245 cm³/mol. The van der Waals surface area contributed by atoms with Crippen LogP contribution in [0.15, 0.2) is 49.2 Å². The highest BCUT2D eigenvalue weighted by atomic mass is 16.5. The number of methoxy groups -OCH3 is 1. The van der Waals surface area contributed by atoms with Gasteiger partial charge in [0.05, 0.1) is 30.0 Å². The summed E-state index contributed by atoms with van der Waals surface area (Å²) in [7, 11) is 3.32. The van der Waals surface area contributed by atoms with E-state index in [9.17, 15) is 24.0 Å². The number of nitrogens with zero attached hydrogens (tertiary/aromatic N) is 6. The van der Waals surface area contributed by atoms with Gasteiger partial charge in [-0.3, -0.25) is 34.0 Å². The molecule has 346 valence electrons. The van der Waals surface area contributed by atoms with Crippen LogP contribution in [0.25, 0.3) is 22.2 Å². The van der Waals surface area contributed by atoms with Crippen molar-refractivity contribution in [2.24, 2.45) is 17.3 Å². The van der Waals surface area contributed by atoms with Gasteiger partial charge in [-0.2, -0.15) is 0 Å². The van der Waals surface area contributed by atoms with Crippen LogP contribution in [-0.2, 0) is 46.4 Å². The molecule has 2 unspecified atom stereocenters. The zero-order valence-corrected chi connectivity index (χ0v) is 39.0. The Balaban J connectivity index is 1.23. The Morgan fingerprint density at radius 2 is 1.86 bits per heavy atom. The maximum atomic E-state index is 14.6. The molecule has 64 heavy (non-hydrogen) atoms. The molecule has 2 N–H and O–H groups in total. The van der Waals surface area contributed by atoms with Crippen LogP contribution in [0, 0.1) is 17.3 Å². The van der Waals surface area contributed by atoms with E-state index in [1.54, 1.807) is 19.1 Å². The van der Waals surface area contributed by atoms with Crippen LogP contribution in [-0.4, -0.2) is 137 Å². The molecule has 4 amide bonds. The Morgan fingerprint density at radius 1 is 1.08 bits per heavy atom. The normalized spacial score (nSPS) is 24.9. The minimum absolute atomic E-state index is 0.160. The largest absolute Gasteiger partial charge is 0.464 e. The van der Waals surface area contributed by atoms with Gasteiger partial charge in [0.2, 0.25) is 17.7 Å². The number of hydrazine groups is 1. The van der Waals surface area contributed by atoms with Crippen LogP contribution in [0.1, 0.15) is 96.1 Å². The van der Waals surface area contributed by atoms with Gasteiger partial charge >= 0.3 is 5.97 Å². The Morgan fingerprint density at radius 3 is 2.58 bits per heavy atom. The fraction of sp³-hybridized carbons (Fsp3) is 0.592. The molecule has 3 fully saturated rings. The molecular weight excluding hydrogens is 813 g/mol. The third kappa shape index (κ3) is 9.62. The highest BCUT2D eigenvalue weighted by Crippen LogP contribution is 2.42. The van der Waals surface area contributed by atoms with Crippen molar-refractivity contribution in [1.29, 1.82) is 0 Å². The molecule has 4 aliphatic rings. The number of rotatable bonds is 10. The quantitative estimate of drug-likeness (QED) is 0.213. The molecule has 7 atom stereocenters. The number of cyclic esters (lactones) is 1. The molecule has 0 spiro atoms. The van der Waals surface area contributed by atoms with Crippen LogP contribution in [0.2, 0.25) is 0 Å². The smallest absolute Gasteiger partial charge is 0.324 e. The Labute approximate surface area is 377 Å². The Hall–Kier alpha value is -5.12. The monoisotopic (exact) mass is 881 g/mol. The molecule has 0 saturated carbocycles. The van der Waals surface area contributed by atoms with Gasteiger partial charge < -0.3 is 34.1 Å². The number of fused-ring (bicyclic) bond motifs is 6. The lowest BCUT2D eigenvalue weighted by molar-refractivity contribution is -0.155. The summed E-state index contributed by atoms with van der Waals surface area (Å²) >= 11 is 0. The van der Waals surface area contributed by atoms with Crippen LogP contribution >= 0.6 is 0 Å². The molecule has 15 heteroatoms. The third-order valence-electron chi connectivity index (χ3n) is 13.8. The lowest BCUT2D eigenvalue weighted by Gasteiger charge is -2.37. The highest BCUT2D eigenvalue weighted by molar-refractivity contribution is 5.95. The fourth-order valence-corrected chi connectivity index (χ4v) is 10.4. The topological polar surface area (TPSA) is 159 Å². The Bertz CT molecular complexity index is 2250.